The Morgan fingerprint density at radius 2 is 1.90 bits per heavy atom. The van der Waals surface area contributed by atoms with Crippen LogP contribution < -0.4 is 5.32 Å². The minimum atomic E-state index is -0.560. The smallest absolute Gasteiger partial charge is 0.0991 e. The van der Waals surface area contributed by atoms with Gasteiger partial charge in [0, 0.05) is 13.1 Å². The third-order valence-corrected chi connectivity index (χ3v) is 4.78. The molecule has 0 atom stereocenters. The molecule has 0 spiro atoms. The van der Waals surface area contributed by atoms with Gasteiger partial charge in [-0.1, -0.05) is 19.9 Å². The molecule has 1 saturated carbocycles. The maximum atomic E-state index is 10.6. The molecule has 0 aromatic heterocycles. The number of aryl methyl sites for hydroxylation is 1. The van der Waals surface area contributed by atoms with Crippen LogP contribution in [-0.2, 0) is 6.54 Å². The monoisotopic (exact) mass is 286 g/mol. The van der Waals surface area contributed by atoms with E-state index in [0.29, 0.717) is 17.5 Å². The van der Waals surface area contributed by atoms with Gasteiger partial charge in [0.15, 0.2) is 0 Å². The van der Waals surface area contributed by atoms with Crippen molar-refractivity contribution in [2.24, 2.45) is 5.41 Å². The molecule has 0 aliphatic heterocycles. The summed E-state index contributed by atoms with van der Waals surface area (Å²) in [6.07, 6.45) is 3.92. The molecule has 0 bridgehead atoms. The summed E-state index contributed by atoms with van der Waals surface area (Å²) >= 11 is 0. The summed E-state index contributed by atoms with van der Waals surface area (Å²) < 4.78 is 0. The van der Waals surface area contributed by atoms with Crippen molar-refractivity contribution in [3.05, 3.63) is 34.9 Å². The number of rotatable bonds is 4. The van der Waals surface area contributed by atoms with Crippen molar-refractivity contribution in [2.45, 2.75) is 58.6 Å². The molecule has 1 aliphatic carbocycles. The fourth-order valence-corrected chi connectivity index (χ4v) is 2.96. The predicted molar refractivity (Wildman–Crippen MR) is 84.8 cm³/mol. The Hall–Kier alpha value is -1.37. The van der Waals surface area contributed by atoms with Gasteiger partial charge in [-0.2, -0.15) is 5.26 Å². The standard InChI is InChI=1S/C18H26N2O/c1-14-10-15(11-19)4-5-16(14)12-20-13-18(21)8-6-17(2,3)7-9-18/h4-5,10,20-21H,6-9,12-13H2,1-3H3. The summed E-state index contributed by atoms with van der Waals surface area (Å²) in [5, 5.41) is 22.9. The Kier molecular flexibility index (Phi) is 4.70. The maximum absolute atomic E-state index is 10.6. The van der Waals surface area contributed by atoms with E-state index < -0.39 is 5.60 Å². The van der Waals surface area contributed by atoms with Crippen LogP contribution in [0.15, 0.2) is 18.2 Å². The van der Waals surface area contributed by atoms with Gasteiger partial charge in [0.05, 0.1) is 17.2 Å². The number of hydrogen-bond donors (Lipinski definition) is 2. The van der Waals surface area contributed by atoms with Crippen LogP contribution in [-0.4, -0.2) is 17.3 Å². The van der Waals surface area contributed by atoms with E-state index >= 15 is 0 Å². The van der Waals surface area contributed by atoms with Gasteiger partial charge in [-0.05, 0) is 61.3 Å². The molecule has 114 valence electrons. The molecule has 0 amide bonds. The van der Waals surface area contributed by atoms with Crippen LogP contribution in [0.25, 0.3) is 0 Å². The fraction of sp³-hybridized carbons (Fsp3) is 0.611. The average molecular weight is 286 g/mol. The van der Waals surface area contributed by atoms with Crippen LogP contribution in [0.1, 0.15) is 56.2 Å². The third kappa shape index (κ3) is 4.30. The third-order valence-electron chi connectivity index (χ3n) is 4.78. The fourth-order valence-electron chi connectivity index (χ4n) is 2.96. The summed E-state index contributed by atoms with van der Waals surface area (Å²) in [4.78, 5) is 0. The first kappa shape index (κ1) is 16.0. The Bertz CT molecular complexity index is 533. The van der Waals surface area contributed by atoms with E-state index in [-0.39, 0.29) is 0 Å². The van der Waals surface area contributed by atoms with Gasteiger partial charge in [-0.3, -0.25) is 0 Å². The number of nitriles is 1. The van der Waals surface area contributed by atoms with E-state index in [0.717, 1.165) is 37.8 Å². The van der Waals surface area contributed by atoms with Crippen LogP contribution in [0.2, 0.25) is 0 Å². The van der Waals surface area contributed by atoms with Gasteiger partial charge in [0.1, 0.15) is 0 Å². The van der Waals surface area contributed by atoms with E-state index in [1.54, 1.807) is 0 Å². The van der Waals surface area contributed by atoms with E-state index in [2.05, 4.69) is 25.2 Å². The van der Waals surface area contributed by atoms with Gasteiger partial charge in [0.25, 0.3) is 0 Å². The minimum absolute atomic E-state index is 0.371. The Labute approximate surface area is 128 Å². The van der Waals surface area contributed by atoms with E-state index in [4.69, 9.17) is 5.26 Å². The molecule has 1 aromatic carbocycles. The Balaban J connectivity index is 1.86. The lowest BCUT2D eigenvalue weighted by atomic mass is 9.71. The minimum Gasteiger partial charge on any atom is -0.389 e. The van der Waals surface area contributed by atoms with E-state index in [1.165, 1.54) is 5.56 Å². The van der Waals surface area contributed by atoms with E-state index in [9.17, 15) is 5.11 Å². The second-order valence-corrected chi connectivity index (χ2v) is 7.25. The lowest BCUT2D eigenvalue weighted by Gasteiger charge is -2.40. The van der Waals surface area contributed by atoms with Crippen LogP contribution in [0.3, 0.4) is 0 Å². The summed E-state index contributed by atoms with van der Waals surface area (Å²) in [7, 11) is 0. The normalized spacial score (nSPS) is 20.0. The van der Waals surface area contributed by atoms with Crippen molar-refractivity contribution < 1.29 is 5.11 Å². The zero-order chi connectivity index (χ0) is 15.5. The highest BCUT2D eigenvalue weighted by atomic mass is 16.3. The molecule has 2 rings (SSSR count). The molecule has 3 nitrogen and oxygen atoms in total. The molecular weight excluding hydrogens is 260 g/mol. The Morgan fingerprint density at radius 1 is 1.24 bits per heavy atom. The zero-order valence-corrected chi connectivity index (χ0v) is 13.4. The molecule has 2 N–H and O–H groups in total. The molecule has 1 aliphatic rings. The highest BCUT2D eigenvalue weighted by molar-refractivity contribution is 5.37. The molecule has 1 fully saturated rings. The second kappa shape index (κ2) is 6.17. The first-order valence-corrected chi connectivity index (χ1v) is 7.76. The summed E-state index contributed by atoms with van der Waals surface area (Å²) in [6, 6.07) is 7.91. The molecule has 0 radical (unpaired) electrons. The highest BCUT2D eigenvalue weighted by Gasteiger charge is 2.36. The van der Waals surface area contributed by atoms with Crippen molar-refractivity contribution in [2.75, 3.05) is 6.54 Å². The summed E-state index contributed by atoms with van der Waals surface area (Å²) in [6.45, 7) is 7.96. The van der Waals surface area contributed by atoms with E-state index in [1.807, 2.05) is 25.1 Å². The molecule has 0 saturated heterocycles. The van der Waals surface area contributed by atoms with Gasteiger partial charge in [-0.25, -0.2) is 0 Å². The maximum Gasteiger partial charge on any atom is 0.0991 e. The van der Waals surface area contributed by atoms with Crippen molar-refractivity contribution >= 4 is 0 Å². The lowest BCUT2D eigenvalue weighted by Crippen LogP contribution is -2.44. The predicted octanol–water partition coefficient (Wildman–Crippen LogP) is 3.29. The van der Waals surface area contributed by atoms with Crippen molar-refractivity contribution in [3.8, 4) is 6.07 Å². The SMILES string of the molecule is Cc1cc(C#N)ccc1CNCC1(O)CCC(C)(C)CC1. The lowest BCUT2D eigenvalue weighted by molar-refractivity contribution is -0.0245. The summed E-state index contributed by atoms with van der Waals surface area (Å²) in [5.41, 5.74) is 2.82. The number of aliphatic hydroxyl groups is 1. The molecule has 21 heavy (non-hydrogen) atoms. The average Bonchev–Trinajstić information content (AvgIpc) is 2.44. The topological polar surface area (TPSA) is 56.0 Å². The largest absolute Gasteiger partial charge is 0.389 e. The van der Waals surface area contributed by atoms with Gasteiger partial charge >= 0.3 is 0 Å². The highest BCUT2D eigenvalue weighted by Crippen LogP contribution is 2.39. The van der Waals surface area contributed by atoms with Crippen LogP contribution in [0, 0.1) is 23.7 Å². The number of benzene rings is 1. The Morgan fingerprint density at radius 3 is 2.48 bits per heavy atom. The number of hydrogen-bond acceptors (Lipinski definition) is 3. The number of nitrogens with one attached hydrogen (secondary N) is 1. The van der Waals surface area contributed by atoms with Crippen LogP contribution in [0.5, 0.6) is 0 Å². The zero-order valence-electron chi connectivity index (χ0n) is 13.4. The first-order chi connectivity index (χ1) is 9.84. The van der Waals surface area contributed by atoms with Crippen LogP contribution >= 0.6 is 0 Å². The van der Waals surface area contributed by atoms with Crippen LogP contribution in [0.4, 0.5) is 0 Å². The number of nitrogens with zero attached hydrogens (tertiary/aromatic N) is 1. The van der Waals surface area contributed by atoms with Gasteiger partial charge in [-0.15, -0.1) is 0 Å². The molecular formula is C18H26N2O. The van der Waals surface area contributed by atoms with Crippen molar-refractivity contribution in [1.29, 1.82) is 5.26 Å². The quantitative estimate of drug-likeness (QED) is 0.893. The molecule has 0 heterocycles. The van der Waals surface area contributed by atoms with Crippen molar-refractivity contribution in [1.82, 2.24) is 5.32 Å². The van der Waals surface area contributed by atoms with Gasteiger partial charge in [0.2, 0.25) is 0 Å². The first-order valence-electron chi connectivity index (χ1n) is 7.76. The molecule has 3 heteroatoms. The van der Waals surface area contributed by atoms with Gasteiger partial charge < -0.3 is 10.4 Å². The second-order valence-electron chi connectivity index (χ2n) is 7.25. The molecule has 0 unspecified atom stereocenters. The van der Waals surface area contributed by atoms with Crippen molar-refractivity contribution in [3.63, 3.8) is 0 Å². The molecule has 1 aromatic rings. The summed E-state index contributed by atoms with van der Waals surface area (Å²) in [5.74, 6) is 0.